The average Bonchev–Trinajstić information content (AvgIpc) is 3.13. The lowest BCUT2D eigenvalue weighted by Gasteiger charge is -2.06. The lowest BCUT2D eigenvalue weighted by molar-refractivity contribution is 0.599. The zero-order valence-corrected chi connectivity index (χ0v) is 21.2. The van der Waals surface area contributed by atoms with Crippen molar-refractivity contribution in [2.24, 2.45) is 0 Å². The second-order valence-corrected chi connectivity index (χ2v) is 14.0. The fraction of sp³-hybridized carbons (Fsp3) is 0.111. The third-order valence-corrected chi connectivity index (χ3v) is 9.66. The van der Waals surface area contributed by atoms with E-state index < -0.39 is 41.2 Å². The zero-order valence-electron chi connectivity index (χ0n) is 16.4. The summed E-state index contributed by atoms with van der Waals surface area (Å²) in [5.74, 6) is -1.16. The van der Waals surface area contributed by atoms with Gasteiger partial charge >= 0.3 is 0 Å². The van der Waals surface area contributed by atoms with Crippen molar-refractivity contribution in [3.63, 3.8) is 0 Å². The van der Waals surface area contributed by atoms with E-state index in [9.17, 15) is 25.3 Å². The topological polar surface area (TPSA) is 140 Å². The lowest BCUT2D eigenvalue weighted by Crippen LogP contribution is -2.14. The fourth-order valence-electron chi connectivity index (χ4n) is 2.38. The van der Waals surface area contributed by atoms with E-state index in [0.29, 0.717) is 26.5 Å². The summed E-state index contributed by atoms with van der Waals surface area (Å²) in [6.45, 7) is 0. The van der Waals surface area contributed by atoms with Gasteiger partial charge in [0.2, 0.25) is 19.9 Å². The Bertz CT molecular complexity index is 1480. The van der Waals surface area contributed by atoms with Crippen LogP contribution in [0.25, 0.3) is 0 Å². The van der Waals surface area contributed by atoms with Crippen molar-refractivity contribution in [3.8, 4) is 0 Å². The van der Waals surface area contributed by atoms with Crippen molar-refractivity contribution in [1.82, 2.24) is 10.2 Å². The highest BCUT2D eigenvalue weighted by Crippen LogP contribution is 2.20. The van der Waals surface area contributed by atoms with Crippen LogP contribution < -0.4 is 4.72 Å². The molecule has 0 amide bonds. The van der Waals surface area contributed by atoms with Gasteiger partial charge in [0, 0.05) is 26.5 Å². The summed E-state index contributed by atoms with van der Waals surface area (Å²) < 4.78 is 76.2. The molecule has 3 aromatic rings. The third kappa shape index (κ3) is 7.76. The summed E-state index contributed by atoms with van der Waals surface area (Å²) in [7, 11) is -11.9. The fourth-order valence-corrected chi connectivity index (χ4v) is 7.88. The van der Waals surface area contributed by atoms with E-state index in [1.165, 1.54) is 48.5 Å². The van der Waals surface area contributed by atoms with E-state index >= 15 is 0 Å². The summed E-state index contributed by atoms with van der Waals surface area (Å²) in [5.41, 5.74) is 0.304. The number of sulfonamides is 1. The summed E-state index contributed by atoms with van der Waals surface area (Å²) in [4.78, 5) is -0.116. The molecular formula is C18H15Cl2N3O6S4. The standard InChI is InChI=1S/C18H15Cl2N3O6S4/c19-13-1-5-15(6-2-13)23-33(28,29)12-18-22-21-17(30-18)11-31(24,25)9-10-32(26,27)16-7-3-14(20)4-8-16/h1-10,23H,11-12H2/b10-9+. The van der Waals surface area contributed by atoms with Crippen LogP contribution in [0.1, 0.15) is 10.0 Å². The Balaban J connectivity index is 1.66. The molecule has 3 rings (SSSR count). The summed E-state index contributed by atoms with van der Waals surface area (Å²) >= 11 is 12.3. The predicted octanol–water partition coefficient (Wildman–Crippen LogP) is 3.65. The molecule has 0 saturated heterocycles. The summed E-state index contributed by atoms with van der Waals surface area (Å²) in [6.07, 6.45) is 0. The maximum atomic E-state index is 12.3. The quantitative estimate of drug-likeness (QED) is 0.413. The first-order valence-corrected chi connectivity index (χ1v) is 15.3. The molecule has 176 valence electrons. The first-order chi connectivity index (χ1) is 15.3. The smallest absolute Gasteiger partial charge is 0.239 e. The summed E-state index contributed by atoms with van der Waals surface area (Å²) in [5, 5.41) is 9.42. The van der Waals surface area contributed by atoms with Gasteiger partial charge in [-0.1, -0.05) is 34.5 Å². The Hall–Kier alpha value is -2.03. The van der Waals surface area contributed by atoms with Crippen LogP contribution in [0.4, 0.5) is 5.69 Å². The second-order valence-electron chi connectivity index (χ2n) is 6.54. The molecule has 0 aliphatic rings. The number of benzene rings is 2. The minimum atomic E-state index is -4.02. The molecule has 0 aliphatic carbocycles. The molecule has 0 radical (unpaired) electrons. The molecule has 0 aliphatic heterocycles. The van der Waals surface area contributed by atoms with Crippen LogP contribution in [0.5, 0.6) is 0 Å². The van der Waals surface area contributed by atoms with Gasteiger partial charge in [0.1, 0.15) is 21.5 Å². The van der Waals surface area contributed by atoms with Gasteiger partial charge in [-0.05, 0) is 48.5 Å². The van der Waals surface area contributed by atoms with E-state index in [0.717, 1.165) is 11.3 Å². The number of hydrogen-bond donors (Lipinski definition) is 1. The lowest BCUT2D eigenvalue weighted by atomic mass is 10.3. The van der Waals surface area contributed by atoms with Crippen molar-refractivity contribution in [2.75, 3.05) is 4.72 Å². The molecule has 1 N–H and O–H groups in total. The molecule has 15 heteroatoms. The minimum absolute atomic E-state index is 0.0141. The first-order valence-electron chi connectivity index (χ1n) is 8.82. The van der Waals surface area contributed by atoms with E-state index in [-0.39, 0.29) is 14.9 Å². The van der Waals surface area contributed by atoms with Crippen LogP contribution in [-0.2, 0) is 41.2 Å². The molecule has 0 fully saturated rings. The number of nitrogens with one attached hydrogen (secondary N) is 1. The SMILES string of the molecule is O=S(=O)(/C=C/S(=O)(=O)c1ccc(Cl)cc1)Cc1nnc(CS(=O)(=O)Nc2ccc(Cl)cc2)s1. The van der Waals surface area contributed by atoms with Gasteiger partial charge in [-0.3, -0.25) is 4.72 Å². The maximum absolute atomic E-state index is 12.3. The minimum Gasteiger partial charge on any atom is -0.283 e. The molecule has 2 aromatic carbocycles. The van der Waals surface area contributed by atoms with Crippen LogP contribution in [0, 0.1) is 0 Å². The molecule has 33 heavy (non-hydrogen) atoms. The average molecular weight is 569 g/mol. The number of hydrogen-bond acceptors (Lipinski definition) is 9. The van der Waals surface area contributed by atoms with E-state index in [1.807, 2.05) is 0 Å². The van der Waals surface area contributed by atoms with Crippen LogP contribution in [-0.4, -0.2) is 35.5 Å². The Morgan fingerprint density at radius 3 is 1.85 bits per heavy atom. The highest BCUT2D eigenvalue weighted by atomic mass is 35.5. The van der Waals surface area contributed by atoms with Gasteiger partial charge in [-0.2, -0.15) is 0 Å². The van der Waals surface area contributed by atoms with Crippen molar-refractivity contribution in [1.29, 1.82) is 0 Å². The number of rotatable bonds is 9. The molecule has 0 atom stereocenters. The van der Waals surface area contributed by atoms with Crippen molar-refractivity contribution >= 4 is 69.9 Å². The number of sulfone groups is 2. The molecular weight excluding hydrogens is 553 g/mol. The molecule has 0 spiro atoms. The Kier molecular flexibility index (Phi) is 7.81. The molecule has 0 bridgehead atoms. The highest BCUT2D eigenvalue weighted by molar-refractivity contribution is 7.97. The third-order valence-electron chi connectivity index (χ3n) is 3.85. The van der Waals surface area contributed by atoms with Crippen LogP contribution in [0.15, 0.2) is 64.2 Å². The number of aromatic nitrogens is 2. The van der Waals surface area contributed by atoms with Crippen LogP contribution in [0.2, 0.25) is 10.0 Å². The summed E-state index contributed by atoms with van der Waals surface area (Å²) in [6, 6.07) is 11.3. The monoisotopic (exact) mass is 567 g/mol. The largest absolute Gasteiger partial charge is 0.283 e. The highest BCUT2D eigenvalue weighted by Gasteiger charge is 2.19. The molecule has 0 unspecified atom stereocenters. The normalized spacial score (nSPS) is 12.8. The Morgan fingerprint density at radius 2 is 1.27 bits per heavy atom. The number of nitrogens with zero attached hydrogens (tertiary/aromatic N) is 2. The molecule has 9 nitrogen and oxygen atoms in total. The van der Waals surface area contributed by atoms with Crippen LogP contribution >= 0.6 is 34.5 Å². The van der Waals surface area contributed by atoms with Crippen molar-refractivity contribution in [2.45, 2.75) is 16.4 Å². The maximum Gasteiger partial charge on any atom is 0.239 e. The Morgan fingerprint density at radius 1 is 0.758 bits per heavy atom. The van der Waals surface area contributed by atoms with Gasteiger partial charge in [-0.25, -0.2) is 25.3 Å². The number of halogens is 2. The van der Waals surface area contributed by atoms with Crippen molar-refractivity contribution in [3.05, 3.63) is 79.4 Å². The zero-order chi connectivity index (χ0) is 24.3. The van der Waals surface area contributed by atoms with Gasteiger partial charge in [0.15, 0.2) is 9.84 Å². The van der Waals surface area contributed by atoms with E-state index in [2.05, 4.69) is 14.9 Å². The second kappa shape index (κ2) is 10.1. The van der Waals surface area contributed by atoms with Crippen molar-refractivity contribution < 1.29 is 25.3 Å². The number of anilines is 1. The molecule has 1 aromatic heterocycles. The van der Waals surface area contributed by atoms with Gasteiger partial charge in [0.25, 0.3) is 0 Å². The van der Waals surface area contributed by atoms with Gasteiger partial charge in [0.05, 0.1) is 4.90 Å². The Labute approximate surface area is 205 Å². The van der Waals surface area contributed by atoms with E-state index in [4.69, 9.17) is 23.2 Å². The first kappa shape index (κ1) is 25.6. The van der Waals surface area contributed by atoms with Gasteiger partial charge in [-0.15, -0.1) is 10.2 Å². The molecule has 0 saturated carbocycles. The van der Waals surface area contributed by atoms with Gasteiger partial charge < -0.3 is 0 Å². The molecule has 1 heterocycles. The van der Waals surface area contributed by atoms with Crippen LogP contribution in [0.3, 0.4) is 0 Å². The van der Waals surface area contributed by atoms with E-state index in [1.54, 1.807) is 0 Å². The predicted molar refractivity (Wildman–Crippen MR) is 128 cm³/mol.